The van der Waals surface area contributed by atoms with Gasteiger partial charge in [0.05, 0.1) is 0 Å². The molecule has 4 aliphatic rings. The summed E-state index contributed by atoms with van der Waals surface area (Å²) in [4.78, 5) is 12.4. The molecule has 20 heavy (non-hydrogen) atoms. The van der Waals surface area contributed by atoms with Gasteiger partial charge in [0, 0.05) is 11.8 Å². The van der Waals surface area contributed by atoms with Gasteiger partial charge in [-0.05, 0) is 74.0 Å². The predicted molar refractivity (Wildman–Crippen MR) is 81.3 cm³/mol. The molecule has 0 radical (unpaired) electrons. The van der Waals surface area contributed by atoms with Crippen molar-refractivity contribution in [3.8, 4) is 0 Å². The first-order chi connectivity index (χ1) is 9.56. The fraction of sp³-hybridized carbons (Fsp3) is 0.842. The number of hydrogen-bond donors (Lipinski definition) is 0. The molecular formula is C19H28O. The van der Waals surface area contributed by atoms with Crippen molar-refractivity contribution >= 4 is 5.78 Å². The van der Waals surface area contributed by atoms with Crippen LogP contribution in [0.5, 0.6) is 0 Å². The lowest BCUT2D eigenvalue weighted by molar-refractivity contribution is -0.136. The van der Waals surface area contributed by atoms with Crippen LogP contribution in [0.15, 0.2) is 12.2 Å². The van der Waals surface area contributed by atoms with E-state index in [2.05, 4.69) is 26.0 Å². The highest BCUT2D eigenvalue weighted by Crippen LogP contribution is 2.64. The van der Waals surface area contributed by atoms with E-state index in [0.717, 1.165) is 24.2 Å². The van der Waals surface area contributed by atoms with Crippen molar-refractivity contribution in [3.05, 3.63) is 12.2 Å². The minimum atomic E-state index is 0.0505. The molecule has 0 spiro atoms. The van der Waals surface area contributed by atoms with Crippen molar-refractivity contribution in [1.29, 1.82) is 0 Å². The molecule has 0 heterocycles. The third kappa shape index (κ3) is 1.53. The third-order valence-electron chi connectivity index (χ3n) is 7.92. The molecule has 0 saturated heterocycles. The summed E-state index contributed by atoms with van der Waals surface area (Å²) in [7, 11) is 0. The Kier molecular flexibility index (Phi) is 2.76. The van der Waals surface area contributed by atoms with E-state index in [1.807, 2.05) is 0 Å². The summed E-state index contributed by atoms with van der Waals surface area (Å²) in [6.07, 6.45) is 14.8. The van der Waals surface area contributed by atoms with E-state index in [4.69, 9.17) is 0 Å². The second-order valence-corrected chi connectivity index (χ2v) is 8.49. The first-order valence-corrected chi connectivity index (χ1v) is 8.74. The number of ketones is 1. The third-order valence-corrected chi connectivity index (χ3v) is 7.92. The molecule has 3 saturated carbocycles. The molecule has 4 rings (SSSR count). The molecule has 4 aliphatic carbocycles. The lowest BCUT2D eigenvalue weighted by Gasteiger charge is -2.58. The summed E-state index contributed by atoms with van der Waals surface area (Å²) in [5.74, 6) is 3.92. The number of allylic oxidation sites excluding steroid dienone is 2. The normalized spacial score (nSPS) is 54.2. The molecule has 0 aromatic rings. The Morgan fingerprint density at radius 1 is 1.05 bits per heavy atom. The minimum Gasteiger partial charge on any atom is -0.299 e. The van der Waals surface area contributed by atoms with Gasteiger partial charge in [-0.2, -0.15) is 0 Å². The molecule has 0 aromatic heterocycles. The second-order valence-electron chi connectivity index (χ2n) is 8.49. The summed E-state index contributed by atoms with van der Waals surface area (Å²) >= 11 is 0. The molecule has 1 heteroatoms. The highest BCUT2D eigenvalue weighted by atomic mass is 16.1. The van der Waals surface area contributed by atoms with Gasteiger partial charge in [-0.1, -0.05) is 26.0 Å². The summed E-state index contributed by atoms with van der Waals surface area (Å²) < 4.78 is 0. The van der Waals surface area contributed by atoms with Crippen molar-refractivity contribution in [1.82, 2.24) is 0 Å². The van der Waals surface area contributed by atoms with Crippen molar-refractivity contribution in [3.63, 3.8) is 0 Å². The number of fused-ring (bicyclic) bond motifs is 5. The zero-order valence-electron chi connectivity index (χ0n) is 13.0. The molecule has 1 unspecified atom stereocenters. The summed E-state index contributed by atoms with van der Waals surface area (Å²) in [5.41, 5.74) is 0.583. The maximum Gasteiger partial charge on any atom is 0.139 e. The summed E-state index contributed by atoms with van der Waals surface area (Å²) in [6.45, 7) is 4.86. The van der Waals surface area contributed by atoms with Crippen LogP contribution in [0, 0.1) is 34.5 Å². The number of hydrogen-bond acceptors (Lipinski definition) is 1. The van der Waals surface area contributed by atoms with Gasteiger partial charge in [0.2, 0.25) is 0 Å². The Bertz CT molecular complexity index is 464. The second kappa shape index (κ2) is 4.21. The smallest absolute Gasteiger partial charge is 0.139 e. The number of carbonyl (C=O) groups excluding carboxylic acids is 1. The van der Waals surface area contributed by atoms with Crippen LogP contribution in [0.2, 0.25) is 0 Å². The van der Waals surface area contributed by atoms with Crippen LogP contribution >= 0.6 is 0 Å². The van der Waals surface area contributed by atoms with Gasteiger partial charge in [-0.3, -0.25) is 4.79 Å². The first kappa shape index (κ1) is 13.1. The summed E-state index contributed by atoms with van der Waals surface area (Å²) in [6, 6.07) is 0. The van der Waals surface area contributed by atoms with Crippen LogP contribution < -0.4 is 0 Å². The van der Waals surface area contributed by atoms with Crippen molar-refractivity contribution in [2.24, 2.45) is 34.5 Å². The number of carbonyl (C=O) groups is 1. The van der Waals surface area contributed by atoms with Crippen molar-refractivity contribution in [2.45, 2.75) is 65.2 Å². The quantitative estimate of drug-likeness (QED) is 0.581. The zero-order chi connectivity index (χ0) is 14.0. The van der Waals surface area contributed by atoms with Crippen molar-refractivity contribution < 1.29 is 4.79 Å². The average Bonchev–Trinajstić information content (AvgIpc) is 2.74. The highest BCUT2D eigenvalue weighted by Gasteiger charge is 2.59. The Hall–Kier alpha value is -0.590. The maximum absolute atomic E-state index is 12.4. The van der Waals surface area contributed by atoms with Gasteiger partial charge in [0.15, 0.2) is 0 Å². The van der Waals surface area contributed by atoms with Gasteiger partial charge in [0.1, 0.15) is 5.78 Å². The fourth-order valence-electron chi connectivity index (χ4n) is 6.61. The first-order valence-electron chi connectivity index (χ1n) is 8.74. The zero-order valence-corrected chi connectivity index (χ0v) is 13.0. The molecule has 0 amide bonds. The number of Topliss-reactive ketones (excluding diaryl/α,β-unsaturated/α-hetero) is 1. The Labute approximate surface area is 123 Å². The average molecular weight is 272 g/mol. The van der Waals surface area contributed by atoms with Gasteiger partial charge in [0.25, 0.3) is 0 Å². The molecular weight excluding hydrogens is 244 g/mol. The van der Waals surface area contributed by atoms with Crippen LogP contribution in [0.25, 0.3) is 0 Å². The van der Waals surface area contributed by atoms with Crippen LogP contribution in [0.1, 0.15) is 65.2 Å². The van der Waals surface area contributed by atoms with Crippen LogP contribution in [-0.2, 0) is 4.79 Å². The minimum absolute atomic E-state index is 0.0505. The standard InChI is InChI=1S/C19H28O/c1-18-11-4-3-5-13(18)6-7-14-15-8-9-17(20)19(15,2)12-10-16(14)18/h3-4,13-16H,5-12H2,1-2H3/t13-,14?,15+,16+,18+,19+/m1/s1. The SMILES string of the molecule is C[C@]12CC=CC[C@@H]1CCC1[C@@H]2CC[C@]2(C)C(=O)CC[C@@H]12. The van der Waals surface area contributed by atoms with Gasteiger partial charge < -0.3 is 0 Å². The Balaban J connectivity index is 1.68. The molecule has 3 fully saturated rings. The topological polar surface area (TPSA) is 17.1 Å². The molecule has 0 aliphatic heterocycles. The molecule has 0 bridgehead atoms. The molecule has 0 aromatic carbocycles. The van der Waals surface area contributed by atoms with Crippen LogP contribution in [0.4, 0.5) is 0 Å². The van der Waals surface area contributed by atoms with Crippen LogP contribution in [-0.4, -0.2) is 5.78 Å². The lowest BCUT2D eigenvalue weighted by atomic mass is 9.46. The maximum atomic E-state index is 12.4. The van der Waals surface area contributed by atoms with E-state index in [-0.39, 0.29) is 5.41 Å². The molecule has 1 nitrogen and oxygen atoms in total. The lowest BCUT2D eigenvalue weighted by Crippen LogP contribution is -2.52. The van der Waals surface area contributed by atoms with E-state index in [0.29, 0.717) is 17.1 Å². The predicted octanol–water partition coefficient (Wildman–Crippen LogP) is 4.76. The Morgan fingerprint density at radius 2 is 1.90 bits per heavy atom. The number of rotatable bonds is 0. The van der Waals surface area contributed by atoms with E-state index in [1.165, 1.54) is 44.9 Å². The van der Waals surface area contributed by atoms with E-state index in [9.17, 15) is 4.79 Å². The van der Waals surface area contributed by atoms with E-state index in [1.54, 1.807) is 0 Å². The van der Waals surface area contributed by atoms with E-state index >= 15 is 0 Å². The molecule has 6 atom stereocenters. The monoisotopic (exact) mass is 272 g/mol. The van der Waals surface area contributed by atoms with Crippen molar-refractivity contribution in [2.75, 3.05) is 0 Å². The molecule has 110 valence electrons. The Morgan fingerprint density at radius 3 is 2.75 bits per heavy atom. The van der Waals surface area contributed by atoms with Crippen LogP contribution in [0.3, 0.4) is 0 Å². The van der Waals surface area contributed by atoms with Gasteiger partial charge in [-0.25, -0.2) is 0 Å². The fourth-order valence-corrected chi connectivity index (χ4v) is 6.61. The molecule has 0 N–H and O–H groups in total. The van der Waals surface area contributed by atoms with Gasteiger partial charge >= 0.3 is 0 Å². The highest BCUT2D eigenvalue weighted by molar-refractivity contribution is 5.87. The largest absolute Gasteiger partial charge is 0.299 e. The van der Waals surface area contributed by atoms with E-state index < -0.39 is 0 Å². The van der Waals surface area contributed by atoms with Gasteiger partial charge in [-0.15, -0.1) is 0 Å². The summed E-state index contributed by atoms with van der Waals surface area (Å²) in [5, 5.41) is 0.